The lowest BCUT2D eigenvalue weighted by atomic mass is 10.1. The summed E-state index contributed by atoms with van der Waals surface area (Å²) in [5.41, 5.74) is 2.53. The Hall–Kier alpha value is -1.81. The lowest BCUT2D eigenvalue weighted by molar-refractivity contribution is 0.0697. The van der Waals surface area contributed by atoms with E-state index in [1.54, 1.807) is 12.1 Å². The van der Waals surface area contributed by atoms with Gasteiger partial charge < -0.3 is 15.0 Å². The smallest absolute Gasteiger partial charge is 0.335 e. The van der Waals surface area contributed by atoms with Crippen LogP contribution < -0.4 is 5.32 Å². The third-order valence-corrected chi connectivity index (χ3v) is 3.42. The number of nitrogens with one attached hydrogen (secondary N) is 1. The van der Waals surface area contributed by atoms with E-state index in [2.05, 4.69) is 43.8 Å². The maximum absolute atomic E-state index is 11.1. The third-order valence-electron chi connectivity index (χ3n) is 3.42. The van der Waals surface area contributed by atoms with E-state index in [4.69, 9.17) is 5.11 Å². The topological polar surface area (TPSA) is 54.3 Å². The van der Waals surface area contributed by atoms with E-state index in [1.807, 2.05) is 6.07 Å². The molecule has 0 spiro atoms. The Morgan fingerprint density at radius 1 is 1.30 bits per heavy atom. The minimum Gasteiger partial charge on any atom is -0.478 e. The van der Waals surface area contributed by atoms with E-state index in [0.717, 1.165) is 17.4 Å². The summed E-state index contributed by atoms with van der Waals surface area (Å²) in [5, 5.41) is 13.7. The fraction of sp³-hybridized carbons (Fsp3) is 0.438. The zero-order valence-electron chi connectivity index (χ0n) is 12.5. The molecule has 0 saturated heterocycles. The van der Waals surface area contributed by atoms with E-state index in [1.165, 1.54) is 5.56 Å². The third kappa shape index (κ3) is 2.85. The highest BCUT2D eigenvalue weighted by Gasteiger charge is 2.13. The molecule has 0 amide bonds. The summed E-state index contributed by atoms with van der Waals surface area (Å²) in [4.78, 5) is 11.1. The lowest BCUT2D eigenvalue weighted by Crippen LogP contribution is -2.21. The molecule has 108 valence electrons. The molecule has 0 aliphatic rings. The van der Waals surface area contributed by atoms with Gasteiger partial charge in [0.2, 0.25) is 0 Å². The first kappa shape index (κ1) is 14.6. The van der Waals surface area contributed by atoms with Crippen LogP contribution in [0.2, 0.25) is 0 Å². The van der Waals surface area contributed by atoms with Crippen LogP contribution in [-0.4, -0.2) is 21.7 Å². The van der Waals surface area contributed by atoms with E-state index in [0.29, 0.717) is 17.6 Å². The molecule has 1 heterocycles. The van der Waals surface area contributed by atoms with Gasteiger partial charge in [0.25, 0.3) is 0 Å². The zero-order chi connectivity index (χ0) is 14.9. The molecule has 2 N–H and O–H groups in total. The predicted molar refractivity (Wildman–Crippen MR) is 81.3 cm³/mol. The number of aromatic carboxylic acids is 1. The van der Waals surface area contributed by atoms with Crippen molar-refractivity contribution in [3.8, 4) is 0 Å². The maximum Gasteiger partial charge on any atom is 0.335 e. The molecule has 0 fully saturated rings. The van der Waals surface area contributed by atoms with Gasteiger partial charge in [0.05, 0.1) is 5.56 Å². The number of carboxylic acid groups (broad SMARTS) is 1. The van der Waals surface area contributed by atoms with E-state index in [9.17, 15) is 4.79 Å². The molecule has 0 atom stereocenters. The number of carboxylic acids is 1. The summed E-state index contributed by atoms with van der Waals surface area (Å²) in [6.45, 7) is 9.23. The van der Waals surface area contributed by atoms with Gasteiger partial charge >= 0.3 is 5.97 Å². The van der Waals surface area contributed by atoms with E-state index < -0.39 is 5.97 Å². The highest BCUT2D eigenvalue weighted by molar-refractivity contribution is 5.94. The number of carbonyl (C=O) groups is 1. The second-order valence-electron chi connectivity index (χ2n) is 5.73. The molecule has 1 aromatic heterocycles. The zero-order valence-corrected chi connectivity index (χ0v) is 12.5. The van der Waals surface area contributed by atoms with Crippen molar-refractivity contribution >= 4 is 16.9 Å². The SMILES string of the molecule is CC(C)NCc1cn(C(C)C)c2cc(C(=O)O)ccc12. The Morgan fingerprint density at radius 2 is 2.00 bits per heavy atom. The summed E-state index contributed by atoms with van der Waals surface area (Å²) >= 11 is 0. The molecule has 4 heteroatoms. The molecule has 4 nitrogen and oxygen atoms in total. The molecule has 2 rings (SSSR count). The summed E-state index contributed by atoms with van der Waals surface area (Å²) in [6.07, 6.45) is 2.12. The van der Waals surface area contributed by atoms with Gasteiger partial charge in [-0.05, 0) is 31.5 Å². The number of hydrogen-bond donors (Lipinski definition) is 2. The van der Waals surface area contributed by atoms with Crippen molar-refractivity contribution in [3.05, 3.63) is 35.5 Å². The van der Waals surface area contributed by atoms with Gasteiger partial charge in [0, 0.05) is 35.7 Å². The molecule has 0 radical (unpaired) electrons. The number of aromatic nitrogens is 1. The van der Waals surface area contributed by atoms with Crippen molar-refractivity contribution in [2.24, 2.45) is 0 Å². The second kappa shape index (κ2) is 5.67. The van der Waals surface area contributed by atoms with Gasteiger partial charge in [-0.15, -0.1) is 0 Å². The minimum atomic E-state index is -0.884. The number of nitrogens with zero attached hydrogens (tertiary/aromatic N) is 1. The number of benzene rings is 1. The van der Waals surface area contributed by atoms with Crippen LogP contribution in [0.25, 0.3) is 10.9 Å². The summed E-state index contributed by atoms with van der Waals surface area (Å²) in [5.74, 6) is -0.884. The van der Waals surface area contributed by atoms with Crippen molar-refractivity contribution in [1.29, 1.82) is 0 Å². The first-order valence-electron chi connectivity index (χ1n) is 7.00. The van der Waals surface area contributed by atoms with Crippen molar-refractivity contribution in [2.75, 3.05) is 0 Å². The second-order valence-corrected chi connectivity index (χ2v) is 5.73. The van der Waals surface area contributed by atoms with Crippen molar-refractivity contribution < 1.29 is 9.90 Å². The fourth-order valence-electron chi connectivity index (χ4n) is 2.34. The monoisotopic (exact) mass is 274 g/mol. The van der Waals surface area contributed by atoms with Crippen LogP contribution >= 0.6 is 0 Å². The molecule has 0 bridgehead atoms. The first-order valence-corrected chi connectivity index (χ1v) is 7.00. The van der Waals surface area contributed by atoms with Crippen molar-refractivity contribution in [3.63, 3.8) is 0 Å². The number of rotatable bonds is 5. The van der Waals surface area contributed by atoms with Gasteiger partial charge in [-0.2, -0.15) is 0 Å². The molecular weight excluding hydrogens is 252 g/mol. The molecule has 1 aromatic carbocycles. The van der Waals surface area contributed by atoms with Crippen LogP contribution in [0.1, 0.15) is 49.7 Å². The average molecular weight is 274 g/mol. The molecule has 0 saturated carbocycles. The Labute approximate surface area is 119 Å². The fourth-order valence-corrected chi connectivity index (χ4v) is 2.34. The largest absolute Gasteiger partial charge is 0.478 e. The maximum atomic E-state index is 11.1. The molecule has 0 aliphatic heterocycles. The van der Waals surface area contributed by atoms with Gasteiger partial charge in [-0.1, -0.05) is 19.9 Å². The summed E-state index contributed by atoms with van der Waals surface area (Å²) in [7, 11) is 0. The van der Waals surface area contributed by atoms with Gasteiger partial charge in [0.1, 0.15) is 0 Å². The molecule has 0 unspecified atom stereocenters. The standard InChI is InChI=1S/C16H22N2O2/c1-10(2)17-8-13-9-18(11(3)4)15-7-12(16(19)20)5-6-14(13)15/h5-7,9-11,17H,8H2,1-4H3,(H,19,20). The Balaban J connectivity index is 2.52. The normalized spacial score (nSPS) is 11.7. The molecule has 20 heavy (non-hydrogen) atoms. The minimum absolute atomic E-state index is 0.300. The van der Waals surface area contributed by atoms with Crippen LogP contribution in [0.4, 0.5) is 0 Å². The quantitative estimate of drug-likeness (QED) is 0.878. The van der Waals surface area contributed by atoms with Gasteiger partial charge in [-0.3, -0.25) is 0 Å². The van der Waals surface area contributed by atoms with Crippen LogP contribution in [0.3, 0.4) is 0 Å². The Kier molecular flexibility index (Phi) is 4.14. The number of hydrogen-bond acceptors (Lipinski definition) is 2. The molecule has 2 aromatic rings. The molecular formula is C16H22N2O2. The van der Waals surface area contributed by atoms with Crippen molar-refractivity contribution in [2.45, 2.75) is 46.3 Å². The van der Waals surface area contributed by atoms with Crippen LogP contribution in [0, 0.1) is 0 Å². The summed E-state index contributed by atoms with van der Waals surface area (Å²) < 4.78 is 2.14. The molecule has 0 aliphatic carbocycles. The highest BCUT2D eigenvalue weighted by atomic mass is 16.4. The number of fused-ring (bicyclic) bond motifs is 1. The van der Waals surface area contributed by atoms with Crippen molar-refractivity contribution in [1.82, 2.24) is 9.88 Å². The lowest BCUT2D eigenvalue weighted by Gasteiger charge is -2.09. The van der Waals surface area contributed by atoms with E-state index in [-0.39, 0.29) is 0 Å². The van der Waals surface area contributed by atoms with Gasteiger partial charge in [-0.25, -0.2) is 4.79 Å². The Morgan fingerprint density at radius 3 is 2.55 bits per heavy atom. The van der Waals surface area contributed by atoms with E-state index >= 15 is 0 Å². The van der Waals surface area contributed by atoms with Gasteiger partial charge in [0.15, 0.2) is 0 Å². The average Bonchev–Trinajstić information content (AvgIpc) is 2.74. The highest BCUT2D eigenvalue weighted by Crippen LogP contribution is 2.26. The van der Waals surface area contributed by atoms with Crippen LogP contribution in [0.15, 0.2) is 24.4 Å². The Bertz CT molecular complexity index is 627. The predicted octanol–water partition coefficient (Wildman–Crippen LogP) is 3.42. The first-order chi connectivity index (χ1) is 9.40. The van der Waals surface area contributed by atoms with Crippen LogP contribution in [-0.2, 0) is 6.54 Å². The van der Waals surface area contributed by atoms with Crippen LogP contribution in [0.5, 0.6) is 0 Å². The summed E-state index contributed by atoms with van der Waals surface area (Å²) in [6, 6.07) is 6.07.